The Hall–Kier alpha value is -2.01. The first-order valence-corrected chi connectivity index (χ1v) is 7.17. The SMILES string of the molecule is COc1ccccc1C(C)(Nc1cccc(Br)c1)C(=O)O. The van der Waals surface area contributed by atoms with Crippen molar-refractivity contribution in [3.05, 3.63) is 58.6 Å². The Morgan fingerprint density at radius 1 is 1.24 bits per heavy atom. The van der Waals surface area contributed by atoms with E-state index in [9.17, 15) is 9.90 Å². The molecule has 0 saturated carbocycles. The van der Waals surface area contributed by atoms with Gasteiger partial charge in [0.25, 0.3) is 0 Å². The first-order valence-electron chi connectivity index (χ1n) is 6.38. The number of methoxy groups -OCH3 is 1. The minimum atomic E-state index is -1.30. The smallest absolute Gasteiger partial charge is 0.333 e. The van der Waals surface area contributed by atoms with Crippen molar-refractivity contribution in [2.24, 2.45) is 0 Å². The van der Waals surface area contributed by atoms with E-state index in [0.29, 0.717) is 17.0 Å². The van der Waals surface area contributed by atoms with Crippen LogP contribution in [0.5, 0.6) is 5.75 Å². The second-order valence-electron chi connectivity index (χ2n) is 4.77. The maximum absolute atomic E-state index is 11.8. The zero-order chi connectivity index (χ0) is 15.5. The lowest BCUT2D eigenvalue weighted by Gasteiger charge is -2.29. The number of carboxylic acid groups (broad SMARTS) is 1. The highest BCUT2D eigenvalue weighted by Crippen LogP contribution is 2.33. The average molecular weight is 350 g/mol. The van der Waals surface area contributed by atoms with E-state index in [-0.39, 0.29) is 0 Å². The third-order valence-electron chi connectivity index (χ3n) is 3.29. The zero-order valence-electron chi connectivity index (χ0n) is 11.8. The lowest BCUT2D eigenvalue weighted by Crippen LogP contribution is -2.40. The lowest BCUT2D eigenvalue weighted by molar-refractivity contribution is -0.142. The maximum atomic E-state index is 11.8. The number of halogens is 1. The molecular formula is C16H16BrNO3. The van der Waals surface area contributed by atoms with E-state index < -0.39 is 11.5 Å². The number of carboxylic acids is 1. The monoisotopic (exact) mass is 349 g/mol. The molecule has 0 radical (unpaired) electrons. The number of anilines is 1. The summed E-state index contributed by atoms with van der Waals surface area (Å²) in [5.41, 5.74) is -0.0203. The Balaban J connectivity index is 2.48. The van der Waals surface area contributed by atoms with Crippen LogP contribution in [-0.2, 0) is 10.3 Å². The number of nitrogens with one attached hydrogen (secondary N) is 1. The summed E-state index contributed by atoms with van der Waals surface area (Å²) in [5, 5.41) is 12.8. The molecule has 2 N–H and O–H groups in total. The Labute approximate surface area is 131 Å². The fourth-order valence-electron chi connectivity index (χ4n) is 2.15. The summed E-state index contributed by atoms with van der Waals surface area (Å²) >= 11 is 3.38. The molecule has 2 aromatic rings. The van der Waals surface area contributed by atoms with Crippen LogP contribution in [0.25, 0.3) is 0 Å². The molecule has 2 aromatic carbocycles. The Bertz CT molecular complexity index is 659. The molecule has 0 fully saturated rings. The molecule has 0 amide bonds. The minimum Gasteiger partial charge on any atom is -0.496 e. The topological polar surface area (TPSA) is 58.6 Å². The highest BCUT2D eigenvalue weighted by Gasteiger charge is 2.37. The Kier molecular flexibility index (Phi) is 4.53. The zero-order valence-corrected chi connectivity index (χ0v) is 13.3. The van der Waals surface area contributed by atoms with Crippen molar-refractivity contribution < 1.29 is 14.6 Å². The summed E-state index contributed by atoms with van der Waals surface area (Å²) in [4.78, 5) is 11.8. The van der Waals surface area contributed by atoms with Gasteiger partial charge in [-0.15, -0.1) is 0 Å². The van der Waals surface area contributed by atoms with Crippen LogP contribution in [0.4, 0.5) is 5.69 Å². The van der Waals surface area contributed by atoms with Gasteiger partial charge in [-0.25, -0.2) is 4.79 Å². The normalized spacial score (nSPS) is 13.3. The predicted octanol–water partition coefficient (Wildman–Crippen LogP) is 3.87. The lowest BCUT2D eigenvalue weighted by atomic mass is 9.90. The number of carbonyl (C=O) groups is 1. The molecule has 1 atom stereocenters. The summed E-state index contributed by atoms with van der Waals surface area (Å²) in [7, 11) is 1.53. The number of rotatable bonds is 5. The molecule has 0 bridgehead atoms. The van der Waals surface area contributed by atoms with Crippen molar-refractivity contribution >= 4 is 27.6 Å². The Morgan fingerprint density at radius 2 is 1.95 bits per heavy atom. The van der Waals surface area contributed by atoms with Gasteiger partial charge in [0.1, 0.15) is 5.75 Å². The van der Waals surface area contributed by atoms with Gasteiger partial charge in [0.15, 0.2) is 5.54 Å². The summed E-state index contributed by atoms with van der Waals surface area (Å²) in [6, 6.07) is 14.5. The van der Waals surface area contributed by atoms with E-state index in [4.69, 9.17) is 4.74 Å². The van der Waals surface area contributed by atoms with E-state index in [2.05, 4.69) is 21.2 Å². The van der Waals surface area contributed by atoms with E-state index in [1.807, 2.05) is 30.3 Å². The van der Waals surface area contributed by atoms with Crippen LogP contribution in [0.2, 0.25) is 0 Å². The first-order chi connectivity index (χ1) is 9.97. The Morgan fingerprint density at radius 3 is 2.57 bits per heavy atom. The van der Waals surface area contributed by atoms with Gasteiger partial charge in [0.2, 0.25) is 0 Å². The number of benzene rings is 2. The quantitative estimate of drug-likeness (QED) is 0.860. The molecule has 4 nitrogen and oxygen atoms in total. The summed E-state index contributed by atoms with van der Waals surface area (Å²) < 4.78 is 6.17. The van der Waals surface area contributed by atoms with E-state index in [1.54, 1.807) is 25.1 Å². The predicted molar refractivity (Wildman–Crippen MR) is 85.7 cm³/mol. The molecule has 0 aromatic heterocycles. The van der Waals surface area contributed by atoms with Crippen molar-refractivity contribution in [3.63, 3.8) is 0 Å². The van der Waals surface area contributed by atoms with Crippen LogP contribution >= 0.6 is 15.9 Å². The average Bonchev–Trinajstić information content (AvgIpc) is 2.47. The highest BCUT2D eigenvalue weighted by atomic mass is 79.9. The molecule has 0 aliphatic heterocycles. The highest BCUT2D eigenvalue weighted by molar-refractivity contribution is 9.10. The first kappa shape index (κ1) is 15.4. The summed E-state index contributed by atoms with van der Waals surface area (Å²) in [6.07, 6.45) is 0. The van der Waals surface area contributed by atoms with Gasteiger partial charge in [-0.3, -0.25) is 0 Å². The number of hydrogen-bond acceptors (Lipinski definition) is 3. The summed E-state index contributed by atoms with van der Waals surface area (Å²) in [5.74, 6) is -0.447. The third kappa shape index (κ3) is 3.19. The number of ether oxygens (including phenoxy) is 1. The van der Waals surface area contributed by atoms with Crippen molar-refractivity contribution in [2.75, 3.05) is 12.4 Å². The van der Waals surface area contributed by atoms with Gasteiger partial charge >= 0.3 is 5.97 Å². The molecule has 0 spiro atoms. The van der Waals surface area contributed by atoms with Crippen LogP contribution in [-0.4, -0.2) is 18.2 Å². The molecule has 1 unspecified atom stereocenters. The van der Waals surface area contributed by atoms with E-state index >= 15 is 0 Å². The fraction of sp³-hybridized carbons (Fsp3) is 0.188. The molecule has 21 heavy (non-hydrogen) atoms. The number of hydrogen-bond donors (Lipinski definition) is 2. The molecule has 0 heterocycles. The van der Waals surface area contributed by atoms with Crippen LogP contribution < -0.4 is 10.1 Å². The largest absolute Gasteiger partial charge is 0.496 e. The summed E-state index contributed by atoms with van der Waals surface area (Å²) in [6.45, 7) is 1.62. The van der Waals surface area contributed by atoms with Crippen LogP contribution in [0.3, 0.4) is 0 Å². The van der Waals surface area contributed by atoms with Gasteiger partial charge in [0.05, 0.1) is 7.11 Å². The molecule has 5 heteroatoms. The molecule has 0 aliphatic carbocycles. The number of para-hydroxylation sites is 1. The van der Waals surface area contributed by atoms with Crippen molar-refractivity contribution in [3.8, 4) is 5.75 Å². The van der Waals surface area contributed by atoms with E-state index in [1.165, 1.54) is 7.11 Å². The van der Waals surface area contributed by atoms with Crippen LogP contribution in [0.1, 0.15) is 12.5 Å². The molecule has 0 aliphatic rings. The minimum absolute atomic E-state index is 0.532. The fourth-order valence-corrected chi connectivity index (χ4v) is 2.55. The maximum Gasteiger partial charge on any atom is 0.333 e. The van der Waals surface area contributed by atoms with Crippen molar-refractivity contribution in [1.82, 2.24) is 0 Å². The van der Waals surface area contributed by atoms with Gasteiger partial charge in [0, 0.05) is 15.7 Å². The van der Waals surface area contributed by atoms with Gasteiger partial charge in [-0.05, 0) is 31.2 Å². The van der Waals surface area contributed by atoms with Crippen molar-refractivity contribution in [2.45, 2.75) is 12.5 Å². The third-order valence-corrected chi connectivity index (χ3v) is 3.79. The second-order valence-corrected chi connectivity index (χ2v) is 5.68. The second kappa shape index (κ2) is 6.18. The number of aliphatic carboxylic acids is 1. The molecule has 2 rings (SSSR count). The van der Waals surface area contributed by atoms with E-state index in [0.717, 1.165) is 4.47 Å². The molecular weight excluding hydrogens is 334 g/mol. The van der Waals surface area contributed by atoms with Crippen molar-refractivity contribution in [1.29, 1.82) is 0 Å². The molecule has 0 saturated heterocycles. The van der Waals surface area contributed by atoms with Crippen LogP contribution in [0.15, 0.2) is 53.0 Å². The molecule has 110 valence electrons. The van der Waals surface area contributed by atoms with Gasteiger partial charge in [-0.2, -0.15) is 0 Å². The van der Waals surface area contributed by atoms with Crippen LogP contribution in [0, 0.1) is 0 Å². The standard InChI is InChI=1S/C16H16BrNO3/c1-16(15(19)20,13-8-3-4-9-14(13)21-2)18-12-7-5-6-11(17)10-12/h3-10,18H,1-2H3,(H,19,20). The van der Waals surface area contributed by atoms with Gasteiger partial charge < -0.3 is 15.2 Å². The van der Waals surface area contributed by atoms with Gasteiger partial charge in [-0.1, -0.05) is 40.2 Å².